The van der Waals surface area contributed by atoms with Gasteiger partial charge in [-0.15, -0.1) is 0 Å². The van der Waals surface area contributed by atoms with Gasteiger partial charge < -0.3 is 15.1 Å². The third-order valence-electron chi connectivity index (χ3n) is 2.28. The molecule has 0 bridgehead atoms. The molecule has 0 spiro atoms. The fourth-order valence-corrected chi connectivity index (χ4v) is 1.34. The molecule has 0 aliphatic carbocycles. The largest absolute Gasteiger partial charge is 0.347 e. The Morgan fingerprint density at radius 1 is 1.29 bits per heavy atom. The highest BCUT2D eigenvalue weighted by molar-refractivity contribution is 5.83. The van der Waals surface area contributed by atoms with Crippen molar-refractivity contribution in [1.82, 2.24) is 15.1 Å². The third-order valence-corrected chi connectivity index (χ3v) is 2.28. The monoisotopic (exact) mass is 199 g/mol. The highest BCUT2D eigenvalue weighted by Crippen LogP contribution is 2.06. The highest BCUT2D eigenvalue weighted by atomic mass is 16.2. The third kappa shape index (κ3) is 2.90. The number of hydrogen-bond donors (Lipinski definition) is 1. The zero-order valence-electron chi connectivity index (χ0n) is 8.75. The predicted molar refractivity (Wildman–Crippen MR) is 52.9 cm³/mol. The summed E-state index contributed by atoms with van der Waals surface area (Å²) in [4.78, 5) is 25.8. The van der Waals surface area contributed by atoms with Gasteiger partial charge in [0.05, 0.1) is 6.54 Å². The minimum atomic E-state index is -0.127. The number of likely N-dealkylation sites (tertiary alicyclic amines) is 1. The van der Waals surface area contributed by atoms with Crippen LogP contribution in [0, 0.1) is 0 Å². The number of rotatable bonds is 2. The van der Waals surface area contributed by atoms with Crippen LogP contribution >= 0.6 is 0 Å². The van der Waals surface area contributed by atoms with Crippen molar-refractivity contribution < 1.29 is 9.59 Å². The van der Waals surface area contributed by atoms with Crippen molar-refractivity contribution in [1.29, 1.82) is 0 Å². The lowest BCUT2D eigenvalue weighted by Crippen LogP contribution is -2.42. The predicted octanol–water partition coefficient (Wildman–Crippen LogP) is -0.120. The van der Waals surface area contributed by atoms with Crippen molar-refractivity contribution >= 4 is 11.9 Å². The summed E-state index contributed by atoms with van der Waals surface area (Å²) in [7, 11) is 3.34. The van der Waals surface area contributed by atoms with E-state index in [1.807, 2.05) is 0 Å². The maximum atomic E-state index is 11.4. The van der Waals surface area contributed by atoms with E-state index >= 15 is 0 Å². The topological polar surface area (TPSA) is 52.7 Å². The molecule has 0 aromatic heterocycles. The molecule has 1 heterocycles. The zero-order valence-corrected chi connectivity index (χ0v) is 8.75. The minimum absolute atomic E-state index is 0.0856. The van der Waals surface area contributed by atoms with E-state index in [1.54, 1.807) is 19.0 Å². The van der Waals surface area contributed by atoms with Gasteiger partial charge >= 0.3 is 6.03 Å². The second kappa shape index (κ2) is 4.83. The Labute approximate surface area is 84.0 Å². The first-order valence-corrected chi connectivity index (χ1v) is 4.84. The second-order valence-corrected chi connectivity index (χ2v) is 3.64. The van der Waals surface area contributed by atoms with Gasteiger partial charge in [0.1, 0.15) is 0 Å². The molecule has 0 saturated carbocycles. The first kappa shape index (κ1) is 10.8. The molecule has 5 nitrogen and oxygen atoms in total. The standard InChI is InChI=1S/C9H17N3O2/c1-11(2)8(13)7-10-9(14)12-5-3-4-6-12/h3-7H2,1-2H3,(H,10,14). The van der Waals surface area contributed by atoms with Crippen molar-refractivity contribution in [3.8, 4) is 0 Å². The molecule has 0 unspecified atom stereocenters. The summed E-state index contributed by atoms with van der Waals surface area (Å²) in [5, 5.41) is 2.60. The first-order chi connectivity index (χ1) is 6.61. The number of nitrogens with one attached hydrogen (secondary N) is 1. The van der Waals surface area contributed by atoms with E-state index in [0.717, 1.165) is 25.9 Å². The number of amides is 3. The fourth-order valence-electron chi connectivity index (χ4n) is 1.34. The van der Waals surface area contributed by atoms with Crippen LogP contribution in [-0.4, -0.2) is 55.5 Å². The van der Waals surface area contributed by atoms with Crippen LogP contribution < -0.4 is 5.32 Å². The molecule has 1 saturated heterocycles. The van der Waals surface area contributed by atoms with Crippen LogP contribution in [0.25, 0.3) is 0 Å². The Kier molecular flexibility index (Phi) is 3.73. The summed E-state index contributed by atoms with van der Waals surface area (Å²) in [6.07, 6.45) is 2.13. The van der Waals surface area contributed by atoms with Gasteiger partial charge in [-0.05, 0) is 12.8 Å². The van der Waals surface area contributed by atoms with E-state index < -0.39 is 0 Å². The van der Waals surface area contributed by atoms with E-state index in [-0.39, 0.29) is 18.5 Å². The average molecular weight is 199 g/mol. The molecule has 5 heteroatoms. The molecule has 1 rings (SSSR count). The normalized spacial score (nSPS) is 15.4. The van der Waals surface area contributed by atoms with Crippen LogP contribution in [0.5, 0.6) is 0 Å². The van der Waals surface area contributed by atoms with Gasteiger partial charge in [0.25, 0.3) is 0 Å². The lowest BCUT2D eigenvalue weighted by atomic mass is 10.4. The summed E-state index contributed by atoms with van der Waals surface area (Å²) >= 11 is 0. The van der Waals surface area contributed by atoms with Crippen LogP contribution in [0.2, 0.25) is 0 Å². The lowest BCUT2D eigenvalue weighted by Gasteiger charge is -2.17. The summed E-state index contributed by atoms with van der Waals surface area (Å²) < 4.78 is 0. The Hall–Kier alpha value is -1.26. The zero-order chi connectivity index (χ0) is 10.6. The molecule has 3 amide bonds. The molecule has 1 N–H and O–H groups in total. The number of carbonyl (C=O) groups excluding carboxylic acids is 2. The smallest absolute Gasteiger partial charge is 0.317 e. The molecule has 14 heavy (non-hydrogen) atoms. The van der Waals surface area contributed by atoms with Gasteiger partial charge in [-0.1, -0.05) is 0 Å². The van der Waals surface area contributed by atoms with Gasteiger partial charge in [-0.25, -0.2) is 4.79 Å². The van der Waals surface area contributed by atoms with Crippen molar-refractivity contribution in [2.24, 2.45) is 0 Å². The summed E-state index contributed by atoms with van der Waals surface area (Å²) in [6, 6.07) is -0.127. The van der Waals surface area contributed by atoms with Crippen LogP contribution in [-0.2, 0) is 4.79 Å². The van der Waals surface area contributed by atoms with E-state index in [2.05, 4.69) is 5.32 Å². The van der Waals surface area contributed by atoms with E-state index in [4.69, 9.17) is 0 Å². The van der Waals surface area contributed by atoms with Gasteiger partial charge in [-0.3, -0.25) is 4.79 Å². The summed E-state index contributed by atoms with van der Waals surface area (Å²) in [5.41, 5.74) is 0. The molecule has 0 atom stereocenters. The Balaban J connectivity index is 2.23. The molecule has 0 radical (unpaired) electrons. The van der Waals surface area contributed by atoms with Crippen LogP contribution in [0.1, 0.15) is 12.8 Å². The quantitative estimate of drug-likeness (QED) is 0.674. The molecule has 0 aromatic rings. The van der Waals surface area contributed by atoms with Crippen molar-refractivity contribution in [3.63, 3.8) is 0 Å². The maximum Gasteiger partial charge on any atom is 0.317 e. The molecule has 1 aliphatic heterocycles. The Morgan fingerprint density at radius 3 is 2.36 bits per heavy atom. The molecule has 0 aromatic carbocycles. The average Bonchev–Trinajstić information content (AvgIpc) is 2.66. The molecular formula is C9H17N3O2. The van der Waals surface area contributed by atoms with Gasteiger partial charge in [0.2, 0.25) is 5.91 Å². The SMILES string of the molecule is CN(C)C(=O)CNC(=O)N1CCCC1. The summed E-state index contributed by atoms with van der Waals surface area (Å²) in [6.45, 7) is 1.70. The Morgan fingerprint density at radius 2 is 1.86 bits per heavy atom. The second-order valence-electron chi connectivity index (χ2n) is 3.64. The van der Waals surface area contributed by atoms with E-state index in [9.17, 15) is 9.59 Å². The van der Waals surface area contributed by atoms with Crippen molar-refractivity contribution in [3.05, 3.63) is 0 Å². The van der Waals surface area contributed by atoms with Gasteiger partial charge in [0, 0.05) is 27.2 Å². The molecule has 80 valence electrons. The number of carbonyl (C=O) groups is 2. The Bertz CT molecular complexity index is 222. The maximum absolute atomic E-state index is 11.4. The molecule has 1 aliphatic rings. The minimum Gasteiger partial charge on any atom is -0.347 e. The van der Waals surface area contributed by atoms with Crippen LogP contribution in [0.3, 0.4) is 0 Å². The van der Waals surface area contributed by atoms with Gasteiger partial charge in [0.15, 0.2) is 0 Å². The number of urea groups is 1. The highest BCUT2D eigenvalue weighted by Gasteiger charge is 2.18. The van der Waals surface area contributed by atoms with E-state index in [1.165, 1.54) is 4.90 Å². The number of likely N-dealkylation sites (N-methyl/N-ethyl adjacent to an activating group) is 1. The van der Waals surface area contributed by atoms with Crippen molar-refractivity contribution in [2.45, 2.75) is 12.8 Å². The summed E-state index contributed by atoms with van der Waals surface area (Å²) in [5.74, 6) is -0.0856. The molecule has 1 fully saturated rings. The van der Waals surface area contributed by atoms with Crippen LogP contribution in [0.15, 0.2) is 0 Å². The first-order valence-electron chi connectivity index (χ1n) is 4.84. The van der Waals surface area contributed by atoms with E-state index in [0.29, 0.717) is 0 Å². The fraction of sp³-hybridized carbons (Fsp3) is 0.778. The number of hydrogen-bond acceptors (Lipinski definition) is 2. The lowest BCUT2D eigenvalue weighted by molar-refractivity contribution is -0.127. The van der Waals surface area contributed by atoms with Crippen LogP contribution in [0.4, 0.5) is 4.79 Å². The molecular weight excluding hydrogens is 182 g/mol. The van der Waals surface area contributed by atoms with Gasteiger partial charge in [-0.2, -0.15) is 0 Å². The number of nitrogens with zero attached hydrogens (tertiary/aromatic N) is 2. The van der Waals surface area contributed by atoms with Crippen molar-refractivity contribution in [2.75, 3.05) is 33.7 Å².